The van der Waals surface area contributed by atoms with E-state index in [9.17, 15) is 26.4 Å². The Hall–Kier alpha value is -2.61. The molecule has 2 rings (SSSR count). The smallest absolute Gasteiger partial charge is 0.430 e. The number of thiazole rings is 1. The number of hydrogen-bond donors (Lipinski definition) is 1. The van der Waals surface area contributed by atoms with Crippen LogP contribution in [0.15, 0.2) is 30.0 Å². The van der Waals surface area contributed by atoms with E-state index in [0.717, 1.165) is 10.6 Å². The van der Waals surface area contributed by atoms with Gasteiger partial charge in [0.15, 0.2) is 22.6 Å². The predicted octanol–water partition coefficient (Wildman–Crippen LogP) is 0.317. The first-order valence-corrected chi connectivity index (χ1v) is 10.8. The third kappa shape index (κ3) is 8.41. The summed E-state index contributed by atoms with van der Waals surface area (Å²) in [6.07, 6.45) is -0.168. The highest BCUT2D eigenvalue weighted by molar-refractivity contribution is 7.91. The molecule has 0 bridgehead atoms. The lowest BCUT2D eigenvalue weighted by atomic mass is 9.97. The van der Waals surface area contributed by atoms with Crippen LogP contribution in [0.2, 0.25) is 0 Å². The maximum absolute atomic E-state index is 12.1. The Kier molecular flexibility index (Phi) is 8.42. The van der Waals surface area contributed by atoms with Crippen LogP contribution in [0.1, 0.15) is 13.8 Å². The SMILES string of the molecule is CC(C)(CS(=O)(=O)CC[n+]1ccc(-c2nccs2)cn1)C(=O)O.O=C([O-])C(F)(F)F. The van der Waals surface area contributed by atoms with Crippen LogP contribution in [0.25, 0.3) is 10.6 Å². The number of hydrogen-bond acceptors (Lipinski definition) is 8. The van der Waals surface area contributed by atoms with E-state index >= 15 is 0 Å². The molecule has 9 nitrogen and oxygen atoms in total. The Morgan fingerprint density at radius 3 is 2.30 bits per heavy atom. The normalized spacial score (nSPS) is 12.0. The molecule has 30 heavy (non-hydrogen) atoms. The lowest BCUT2D eigenvalue weighted by Crippen LogP contribution is -2.42. The fourth-order valence-corrected chi connectivity index (χ4v) is 4.39. The highest BCUT2D eigenvalue weighted by Crippen LogP contribution is 2.20. The minimum absolute atomic E-state index is 0.155. The van der Waals surface area contributed by atoms with Gasteiger partial charge >= 0.3 is 12.1 Å². The van der Waals surface area contributed by atoms with Gasteiger partial charge in [0.2, 0.25) is 0 Å². The summed E-state index contributed by atoms with van der Waals surface area (Å²) in [5.74, 6) is -4.68. The van der Waals surface area contributed by atoms with E-state index in [-0.39, 0.29) is 12.3 Å². The van der Waals surface area contributed by atoms with Gasteiger partial charge in [-0.15, -0.1) is 11.3 Å². The van der Waals surface area contributed by atoms with E-state index in [0.29, 0.717) is 0 Å². The fourth-order valence-electron chi connectivity index (χ4n) is 1.93. The largest absolute Gasteiger partial charge is 0.542 e. The lowest BCUT2D eigenvalue weighted by Gasteiger charge is -2.18. The molecule has 0 atom stereocenters. The van der Waals surface area contributed by atoms with E-state index in [4.69, 9.17) is 15.0 Å². The molecular weight excluding hydrogens is 451 g/mol. The third-order valence-corrected chi connectivity index (χ3v) is 6.26. The lowest BCUT2D eigenvalue weighted by molar-refractivity contribution is -0.749. The molecule has 1 N–H and O–H groups in total. The zero-order valence-electron chi connectivity index (χ0n) is 15.8. The summed E-state index contributed by atoms with van der Waals surface area (Å²) in [4.78, 5) is 24.0. The Morgan fingerprint density at radius 1 is 1.30 bits per heavy atom. The molecule has 0 unspecified atom stereocenters. The van der Waals surface area contributed by atoms with Crippen molar-refractivity contribution in [2.45, 2.75) is 26.6 Å². The Morgan fingerprint density at radius 2 is 1.90 bits per heavy atom. The number of aliphatic carboxylic acids is 2. The summed E-state index contributed by atoms with van der Waals surface area (Å²) in [7, 11) is -3.49. The zero-order chi connectivity index (χ0) is 23.2. The molecule has 166 valence electrons. The third-order valence-electron chi connectivity index (χ3n) is 3.47. The molecule has 0 saturated heterocycles. The van der Waals surface area contributed by atoms with Gasteiger partial charge in [-0.2, -0.15) is 13.2 Å². The summed E-state index contributed by atoms with van der Waals surface area (Å²) in [5.41, 5.74) is -0.433. The van der Waals surface area contributed by atoms with Gasteiger partial charge in [0, 0.05) is 23.2 Å². The Bertz CT molecular complexity index is 959. The number of aryl methyl sites for hydroxylation is 1. The number of aromatic nitrogens is 3. The summed E-state index contributed by atoms with van der Waals surface area (Å²) in [6, 6.07) is 1.82. The molecule has 0 spiro atoms. The van der Waals surface area contributed by atoms with Crippen molar-refractivity contribution in [2.75, 3.05) is 11.5 Å². The van der Waals surface area contributed by atoms with Crippen LogP contribution in [0, 0.1) is 5.41 Å². The highest BCUT2D eigenvalue weighted by Gasteiger charge is 2.33. The highest BCUT2D eigenvalue weighted by atomic mass is 32.2. The minimum atomic E-state index is -5.19. The van der Waals surface area contributed by atoms with Gasteiger partial charge in [-0.3, -0.25) is 4.79 Å². The van der Waals surface area contributed by atoms with Crippen LogP contribution in [-0.2, 0) is 26.0 Å². The quantitative estimate of drug-likeness (QED) is 0.572. The van der Waals surface area contributed by atoms with Crippen molar-refractivity contribution in [2.24, 2.45) is 5.41 Å². The molecule has 0 aliphatic rings. The molecule has 2 aromatic rings. The molecule has 0 aliphatic heterocycles. The summed E-state index contributed by atoms with van der Waals surface area (Å²) in [6.45, 7) is 2.98. The van der Waals surface area contributed by atoms with Gasteiger partial charge in [0.05, 0.1) is 11.2 Å². The molecule has 0 fully saturated rings. The number of alkyl halides is 3. The van der Waals surface area contributed by atoms with Crippen molar-refractivity contribution >= 4 is 33.1 Å². The van der Waals surface area contributed by atoms with Crippen LogP contribution < -0.4 is 9.79 Å². The second-order valence-electron chi connectivity index (χ2n) is 6.58. The van der Waals surface area contributed by atoms with Gasteiger partial charge in [-0.25, -0.2) is 13.4 Å². The van der Waals surface area contributed by atoms with Crippen molar-refractivity contribution in [3.8, 4) is 10.6 Å². The van der Waals surface area contributed by atoms with E-state index in [1.807, 2.05) is 11.4 Å². The average molecular weight is 469 g/mol. The number of carbonyl (C=O) groups excluding carboxylic acids is 1. The summed E-state index contributed by atoms with van der Waals surface area (Å²) >= 11 is 1.50. The predicted molar refractivity (Wildman–Crippen MR) is 96.7 cm³/mol. The Labute approximate surface area is 173 Å². The molecule has 0 amide bonds. The molecule has 0 radical (unpaired) electrons. The number of carbonyl (C=O) groups is 2. The maximum atomic E-state index is 12.1. The summed E-state index contributed by atoms with van der Waals surface area (Å²) in [5, 5.41) is 24.7. The Balaban J connectivity index is 0.000000553. The van der Waals surface area contributed by atoms with Crippen molar-refractivity contribution < 1.29 is 46.1 Å². The number of carboxylic acid groups (broad SMARTS) is 2. The van der Waals surface area contributed by atoms with Crippen LogP contribution in [0.4, 0.5) is 13.2 Å². The maximum Gasteiger partial charge on any atom is 0.430 e. The fraction of sp³-hybridized carbons (Fsp3) is 0.438. The van der Waals surface area contributed by atoms with Crippen molar-refractivity contribution in [3.05, 3.63) is 30.0 Å². The van der Waals surface area contributed by atoms with Crippen LogP contribution in [-0.4, -0.2) is 53.2 Å². The topological polar surface area (TPSA) is 141 Å². The van der Waals surface area contributed by atoms with Gasteiger partial charge in [-0.1, -0.05) is 4.68 Å². The number of halogens is 3. The van der Waals surface area contributed by atoms with Crippen molar-refractivity contribution in [1.82, 2.24) is 10.1 Å². The van der Waals surface area contributed by atoms with Gasteiger partial charge in [0.25, 0.3) is 0 Å². The zero-order valence-corrected chi connectivity index (χ0v) is 17.4. The van der Waals surface area contributed by atoms with E-state index in [1.165, 1.54) is 29.9 Å². The van der Waals surface area contributed by atoms with Crippen LogP contribution in [0.5, 0.6) is 0 Å². The van der Waals surface area contributed by atoms with Crippen LogP contribution >= 0.6 is 11.3 Å². The average Bonchev–Trinajstić information content (AvgIpc) is 3.14. The van der Waals surface area contributed by atoms with Crippen molar-refractivity contribution in [1.29, 1.82) is 0 Å². The van der Waals surface area contributed by atoms with Crippen LogP contribution in [0.3, 0.4) is 0 Å². The first-order chi connectivity index (χ1) is 13.6. The molecular formula is C16H18F3N3O6S2. The van der Waals surface area contributed by atoms with Gasteiger partial charge in [0.1, 0.15) is 22.9 Å². The first-order valence-electron chi connectivity index (χ1n) is 8.12. The molecule has 0 saturated carbocycles. The van der Waals surface area contributed by atoms with E-state index in [2.05, 4.69) is 10.1 Å². The summed E-state index contributed by atoms with van der Waals surface area (Å²) < 4.78 is 57.2. The van der Waals surface area contributed by atoms with E-state index in [1.54, 1.807) is 18.6 Å². The molecule has 2 aromatic heterocycles. The second-order valence-corrected chi connectivity index (χ2v) is 9.66. The van der Waals surface area contributed by atoms with Gasteiger partial charge in [-0.05, 0) is 18.9 Å². The minimum Gasteiger partial charge on any atom is -0.542 e. The van der Waals surface area contributed by atoms with Gasteiger partial charge < -0.3 is 15.0 Å². The number of rotatable bonds is 7. The second kappa shape index (κ2) is 9.93. The monoisotopic (exact) mass is 469 g/mol. The molecule has 2 heterocycles. The first kappa shape index (κ1) is 25.4. The standard InChI is InChI=1S/C14H17N3O4S2.C2HF3O2/c1-14(2,13(18)19)10-23(20,21)8-6-17-5-3-11(9-16-17)12-15-4-7-22-12;3-2(4,5)1(6)7/h3-5,7,9H,6,8,10H2,1-2H3;(H,6,7). The van der Waals surface area contributed by atoms with E-state index < -0.39 is 39.1 Å². The number of sulfone groups is 1. The van der Waals surface area contributed by atoms with Crippen molar-refractivity contribution in [3.63, 3.8) is 0 Å². The molecule has 0 aliphatic carbocycles. The number of carboxylic acids is 2. The molecule has 14 heteroatoms. The molecule has 0 aromatic carbocycles. The number of nitrogens with zero attached hydrogens (tertiary/aromatic N) is 3.